The number of nitrogens with zero attached hydrogens (tertiary/aromatic N) is 4. The predicted molar refractivity (Wildman–Crippen MR) is 78.6 cm³/mol. The molecule has 1 aromatic heterocycles. The van der Waals surface area contributed by atoms with Crippen LogP contribution in [0.25, 0.3) is 11.4 Å². The normalized spacial score (nSPS) is 19.5. The molecule has 0 spiro atoms. The molecule has 21 heavy (non-hydrogen) atoms. The highest BCUT2D eigenvalue weighted by atomic mass is 16.5. The van der Waals surface area contributed by atoms with Gasteiger partial charge in [0.15, 0.2) is 5.82 Å². The Hall–Kier alpha value is -2.11. The van der Waals surface area contributed by atoms with Crippen molar-refractivity contribution in [2.75, 3.05) is 12.8 Å². The average Bonchev–Trinajstić information content (AvgIpc) is 3.38. The number of methoxy groups -OCH3 is 1. The van der Waals surface area contributed by atoms with E-state index in [-0.39, 0.29) is 0 Å². The number of anilines is 1. The van der Waals surface area contributed by atoms with E-state index < -0.39 is 0 Å². The maximum absolute atomic E-state index is 6.12. The fourth-order valence-corrected chi connectivity index (χ4v) is 3.30. The number of benzene rings is 1. The largest absolute Gasteiger partial charge is 0.496 e. The number of aromatic nitrogens is 4. The zero-order valence-electron chi connectivity index (χ0n) is 12.1. The Kier molecular flexibility index (Phi) is 2.67. The van der Waals surface area contributed by atoms with Gasteiger partial charge in [0.2, 0.25) is 0 Å². The van der Waals surface area contributed by atoms with Crippen molar-refractivity contribution >= 4 is 5.69 Å². The summed E-state index contributed by atoms with van der Waals surface area (Å²) in [5.41, 5.74) is 7.98. The van der Waals surface area contributed by atoms with Gasteiger partial charge in [0, 0.05) is 5.69 Å². The summed E-state index contributed by atoms with van der Waals surface area (Å²) in [5.74, 6) is 2.28. The lowest BCUT2D eigenvalue weighted by Crippen LogP contribution is -2.16. The Morgan fingerprint density at radius 3 is 2.86 bits per heavy atom. The molecule has 6 nitrogen and oxygen atoms in total. The maximum Gasteiger partial charge on any atom is 0.187 e. The Morgan fingerprint density at radius 1 is 1.38 bits per heavy atom. The van der Waals surface area contributed by atoms with E-state index in [4.69, 9.17) is 10.5 Å². The molecule has 0 unspecified atom stereocenters. The number of nitrogens with two attached hydrogens (primary N) is 1. The highest BCUT2D eigenvalue weighted by Crippen LogP contribution is 2.62. The zero-order valence-corrected chi connectivity index (χ0v) is 12.1. The second kappa shape index (κ2) is 4.44. The molecular formula is C15H19N5O. The van der Waals surface area contributed by atoms with Crippen molar-refractivity contribution in [1.29, 1.82) is 0 Å². The van der Waals surface area contributed by atoms with Crippen LogP contribution in [-0.2, 0) is 6.54 Å². The summed E-state index contributed by atoms with van der Waals surface area (Å²) in [6.07, 6.45) is 5.29. The first-order valence-electron chi connectivity index (χ1n) is 7.42. The van der Waals surface area contributed by atoms with Gasteiger partial charge in [-0.3, -0.25) is 0 Å². The summed E-state index contributed by atoms with van der Waals surface area (Å²) in [6.45, 7) is 0.886. The number of hydrogen-bond acceptors (Lipinski definition) is 5. The lowest BCUT2D eigenvalue weighted by atomic mass is 10.0. The first kappa shape index (κ1) is 12.6. The van der Waals surface area contributed by atoms with Crippen LogP contribution in [0.5, 0.6) is 5.75 Å². The van der Waals surface area contributed by atoms with Crippen LogP contribution in [0.15, 0.2) is 18.2 Å². The third-order valence-electron chi connectivity index (χ3n) is 4.83. The van der Waals surface area contributed by atoms with Gasteiger partial charge in [0.1, 0.15) is 5.75 Å². The monoisotopic (exact) mass is 285 g/mol. The molecule has 1 heterocycles. The van der Waals surface area contributed by atoms with Gasteiger partial charge in [-0.15, -0.1) is 5.10 Å². The molecule has 0 saturated heterocycles. The lowest BCUT2D eigenvalue weighted by molar-refractivity contribution is 0.348. The van der Waals surface area contributed by atoms with Gasteiger partial charge in [0.05, 0.1) is 19.2 Å². The molecule has 1 aromatic carbocycles. The van der Waals surface area contributed by atoms with Crippen LogP contribution in [0, 0.1) is 11.3 Å². The molecule has 0 radical (unpaired) electrons. The van der Waals surface area contributed by atoms with E-state index >= 15 is 0 Å². The van der Waals surface area contributed by atoms with Gasteiger partial charge in [0.25, 0.3) is 0 Å². The Morgan fingerprint density at radius 2 is 2.19 bits per heavy atom. The third kappa shape index (κ3) is 2.05. The molecule has 2 saturated carbocycles. The van der Waals surface area contributed by atoms with E-state index in [1.165, 1.54) is 25.7 Å². The van der Waals surface area contributed by atoms with Crippen molar-refractivity contribution in [2.45, 2.75) is 32.2 Å². The molecule has 2 aromatic rings. The van der Waals surface area contributed by atoms with Crippen molar-refractivity contribution in [3.05, 3.63) is 18.2 Å². The maximum atomic E-state index is 6.12. The van der Waals surface area contributed by atoms with E-state index in [9.17, 15) is 0 Å². The molecule has 0 aliphatic heterocycles. The van der Waals surface area contributed by atoms with Gasteiger partial charge in [-0.25, -0.2) is 4.68 Å². The third-order valence-corrected chi connectivity index (χ3v) is 4.83. The van der Waals surface area contributed by atoms with Crippen LogP contribution in [0.1, 0.15) is 25.7 Å². The molecule has 110 valence electrons. The summed E-state index contributed by atoms with van der Waals surface area (Å²) in [6, 6.07) is 5.61. The number of rotatable bonds is 5. The summed E-state index contributed by atoms with van der Waals surface area (Å²) >= 11 is 0. The smallest absolute Gasteiger partial charge is 0.187 e. The minimum absolute atomic E-state index is 0.431. The first-order valence-corrected chi connectivity index (χ1v) is 7.42. The van der Waals surface area contributed by atoms with Crippen molar-refractivity contribution in [1.82, 2.24) is 20.2 Å². The van der Waals surface area contributed by atoms with E-state index in [0.717, 1.165) is 18.0 Å². The van der Waals surface area contributed by atoms with Crippen molar-refractivity contribution < 1.29 is 4.74 Å². The summed E-state index contributed by atoms with van der Waals surface area (Å²) < 4.78 is 7.32. The van der Waals surface area contributed by atoms with Gasteiger partial charge < -0.3 is 10.5 Å². The zero-order chi connectivity index (χ0) is 14.4. The highest BCUT2D eigenvalue weighted by molar-refractivity contribution is 5.77. The fourth-order valence-electron chi connectivity index (χ4n) is 3.30. The minimum Gasteiger partial charge on any atom is -0.496 e. The summed E-state index contributed by atoms with van der Waals surface area (Å²) in [4.78, 5) is 0. The molecule has 4 rings (SSSR count). The highest BCUT2D eigenvalue weighted by Gasteiger charge is 2.54. The van der Waals surface area contributed by atoms with Crippen LogP contribution >= 0.6 is 0 Å². The van der Waals surface area contributed by atoms with E-state index in [0.29, 0.717) is 22.7 Å². The molecule has 2 aliphatic rings. The van der Waals surface area contributed by atoms with Crippen LogP contribution in [0.3, 0.4) is 0 Å². The SMILES string of the molecule is COc1cccc(N)c1-c1nnnn1CC1(C2CC2)CC1. The van der Waals surface area contributed by atoms with Crippen molar-refractivity contribution in [3.63, 3.8) is 0 Å². The van der Waals surface area contributed by atoms with Gasteiger partial charge in [-0.1, -0.05) is 6.07 Å². The minimum atomic E-state index is 0.431. The predicted octanol–water partition coefficient (Wildman–Crippen LogP) is 2.12. The molecule has 2 fully saturated rings. The molecule has 0 atom stereocenters. The Balaban J connectivity index is 1.72. The summed E-state index contributed by atoms with van der Waals surface area (Å²) in [5, 5.41) is 12.2. The molecule has 2 N–H and O–H groups in total. The van der Waals surface area contributed by atoms with Gasteiger partial charge in [-0.2, -0.15) is 0 Å². The van der Waals surface area contributed by atoms with Crippen LogP contribution in [0.4, 0.5) is 5.69 Å². The van der Waals surface area contributed by atoms with Gasteiger partial charge in [-0.05, 0) is 59.6 Å². The second-order valence-electron chi connectivity index (χ2n) is 6.22. The lowest BCUT2D eigenvalue weighted by Gasteiger charge is -2.16. The van der Waals surface area contributed by atoms with E-state index in [1.807, 2.05) is 22.9 Å². The number of hydrogen-bond donors (Lipinski definition) is 1. The van der Waals surface area contributed by atoms with Crippen LogP contribution in [0.2, 0.25) is 0 Å². The van der Waals surface area contributed by atoms with E-state index in [1.54, 1.807) is 7.11 Å². The molecule has 6 heteroatoms. The standard InChI is InChI=1S/C15H19N5O/c1-21-12-4-2-3-11(16)13(12)14-17-18-19-20(14)9-15(7-8-15)10-5-6-10/h2-4,10H,5-9,16H2,1H3. The molecule has 0 amide bonds. The second-order valence-corrected chi connectivity index (χ2v) is 6.22. The van der Waals surface area contributed by atoms with Crippen LogP contribution in [-0.4, -0.2) is 27.3 Å². The van der Waals surface area contributed by atoms with Crippen molar-refractivity contribution in [3.8, 4) is 17.1 Å². The first-order chi connectivity index (χ1) is 10.2. The number of ether oxygens (including phenoxy) is 1. The average molecular weight is 285 g/mol. The number of nitrogen functional groups attached to an aromatic ring is 1. The topological polar surface area (TPSA) is 78.8 Å². The quantitative estimate of drug-likeness (QED) is 0.851. The van der Waals surface area contributed by atoms with Crippen molar-refractivity contribution in [2.24, 2.45) is 11.3 Å². The molecule has 2 aliphatic carbocycles. The van der Waals surface area contributed by atoms with Gasteiger partial charge >= 0.3 is 0 Å². The molecular weight excluding hydrogens is 266 g/mol. The van der Waals surface area contributed by atoms with Crippen LogP contribution < -0.4 is 10.5 Å². The fraction of sp³-hybridized carbons (Fsp3) is 0.533. The number of tetrazole rings is 1. The molecule has 0 bridgehead atoms. The van der Waals surface area contributed by atoms with E-state index in [2.05, 4.69) is 15.5 Å². The summed E-state index contributed by atoms with van der Waals surface area (Å²) in [7, 11) is 1.64. The Bertz CT molecular complexity index is 672. The Labute approximate surface area is 123 Å².